The van der Waals surface area contributed by atoms with Crippen molar-refractivity contribution in [2.75, 3.05) is 27.2 Å². The largest absolute Gasteiger partial charge is 0.494 e. The number of aryl methyl sites for hydroxylation is 1. The molecule has 0 aliphatic heterocycles. The van der Waals surface area contributed by atoms with Gasteiger partial charge in [-0.1, -0.05) is 30.3 Å². The molecule has 0 fully saturated rings. The monoisotopic (exact) mass is 362 g/mol. The number of hydrogen-bond donors (Lipinski definition) is 1. The number of rotatable bonds is 8. The summed E-state index contributed by atoms with van der Waals surface area (Å²) in [6.07, 6.45) is 0. The summed E-state index contributed by atoms with van der Waals surface area (Å²) >= 11 is 0. The first kappa shape index (κ1) is 19.4. The van der Waals surface area contributed by atoms with E-state index in [9.17, 15) is 8.42 Å². The van der Waals surface area contributed by atoms with Crippen LogP contribution < -0.4 is 9.46 Å². The van der Waals surface area contributed by atoms with Crippen molar-refractivity contribution in [2.45, 2.75) is 24.8 Å². The average Bonchev–Trinajstić information content (AvgIpc) is 2.56. The predicted molar refractivity (Wildman–Crippen MR) is 100 cm³/mol. The Morgan fingerprint density at radius 1 is 1.08 bits per heavy atom. The van der Waals surface area contributed by atoms with Crippen LogP contribution in [0.1, 0.15) is 24.1 Å². The Bertz CT molecular complexity index is 787. The van der Waals surface area contributed by atoms with Crippen LogP contribution in [0.25, 0.3) is 0 Å². The Morgan fingerprint density at radius 3 is 2.28 bits per heavy atom. The van der Waals surface area contributed by atoms with Gasteiger partial charge >= 0.3 is 0 Å². The quantitative estimate of drug-likeness (QED) is 0.784. The number of nitrogens with zero attached hydrogens (tertiary/aromatic N) is 1. The van der Waals surface area contributed by atoms with Crippen LogP contribution in [-0.4, -0.2) is 40.6 Å². The number of likely N-dealkylation sites (N-methyl/N-ethyl adjacent to an activating group) is 1. The molecular weight excluding hydrogens is 336 g/mol. The van der Waals surface area contributed by atoms with Crippen LogP contribution in [0.5, 0.6) is 5.75 Å². The minimum Gasteiger partial charge on any atom is -0.494 e. The first-order valence-corrected chi connectivity index (χ1v) is 9.78. The van der Waals surface area contributed by atoms with Gasteiger partial charge in [-0.2, -0.15) is 0 Å². The highest BCUT2D eigenvalue weighted by Crippen LogP contribution is 2.22. The molecule has 0 bridgehead atoms. The van der Waals surface area contributed by atoms with Gasteiger partial charge in [0.15, 0.2) is 0 Å². The maximum absolute atomic E-state index is 12.6. The smallest absolute Gasteiger partial charge is 0.240 e. The van der Waals surface area contributed by atoms with E-state index < -0.39 is 10.0 Å². The Hall–Kier alpha value is -1.89. The molecule has 0 spiro atoms. The van der Waals surface area contributed by atoms with Gasteiger partial charge in [-0.3, -0.25) is 0 Å². The summed E-state index contributed by atoms with van der Waals surface area (Å²) in [5.41, 5.74) is 1.76. The molecule has 2 aromatic carbocycles. The number of hydrogen-bond acceptors (Lipinski definition) is 4. The van der Waals surface area contributed by atoms with E-state index in [1.54, 1.807) is 25.1 Å². The van der Waals surface area contributed by atoms with Crippen molar-refractivity contribution in [1.82, 2.24) is 9.62 Å². The number of benzene rings is 2. The zero-order chi connectivity index (χ0) is 18.4. The summed E-state index contributed by atoms with van der Waals surface area (Å²) in [6, 6.07) is 14.7. The third-order valence-electron chi connectivity index (χ3n) is 4.05. The predicted octanol–water partition coefficient (Wildman–Crippen LogP) is 2.97. The number of nitrogens with one attached hydrogen (secondary N) is 1. The van der Waals surface area contributed by atoms with Crippen LogP contribution in [-0.2, 0) is 10.0 Å². The van der Waals surface area contributed by atoms with Crippen LogP contribution >= 0.6 is 0 Å². The molecule has 0 aliphatic carbocycles. The van der Waals surface area contributed by atoms with Gasteiger partial charge in [-0.05, 0) is 57.3 Å². The molecule has 5 nitrogen and oxygen atoms in total. The van der Waals surface area contributed by atoms with E-state index in [0.29, 0.717) is 11.5 Å². The lowest BCUT2D eigenvalue weighted by molar-refractivity contribution is 0.298. The maximum atomic E-state index is 12.6. The number of ether oxygens (including phenoxy) is 1. The SMILES string of the molecule is CCOc1ccc(C(CNS(=O)(=O)c2ccccc2C)N(C)C)cc1. The third-order valence-corrected chi connectivity index (χ3v) is 5.63. The van der Waals surface area contributed by atoms with Gasteiger partial charge in [0.05, 0.1) is 11.5 Å². The lowest BCUT2D eigenvalue weighted by atomic mass is 10.1. The molecule has 1 unspecified atom stereocenters. The zero-order valence-corrected chi connectivity index (χ0v) is 16.0. The first-order chi connectivity index (χ1) is 11.8. The topological polar surface area (TPSA) is 58.6 Å². The molecule has 0 radical (unpaired) electrons. The maximum Gasteiger partial charge on any atom is 0.240 e. The van der Waals surface area contributed by atoms with E-state index in [-0.39, 0.29) is 12.6 Å². The Morgan fingerprint density at radius 2 is 1.72 bits per heavy atom. The highest BCUT2D eigenvalue weighted by Gasteiger charge is 2.20. The van der Waals surface area contributed by atoms with Crippen LogP contribution in [0.4, 0.5) is 0 Å². The minimum atomic E-state index is -3.55. The standard InChI is InChI=1S/C19H26N2O3S/c1-5-24-17-12-10-16(11-13-17)18(21(3)4)14-20-25(22,23)19-9-7-6-8-15(19)2/h6-13,18,20H,5,14H2,1-4H3. The molecule has 2 aromatic rings. The Kier molecular flexibility index (Phi) is 6.58. The molecule has 136 valence electrons. The summed E-state index contributed by atoms with van der Waals surface area (Å²) in [5, 5.41) is 0. The van der Waals surface area contributed by atoms with Crippen molar-refractivity contribution in [2.24, 2.45) is 0 Å². The van der Waals surface area contributed by atoms with E-state index >= 15 is 0 Å². The van der Waals surface area contributed by atoms with Crippen molar-refractivity contribution in [3.8, 4) is 5.75 Å². The molecule has 2 rings (SSSR count). The van der Waals surface area contributed by atoms with Gasteiger partial charge < -0.3 is 9.64 Å². The lowest BCUT2D eigenvalue weighted by Gasteiger charge is -2.25. The molecule has 0 saturated carbocycles. The molecule has 0 amide bonds. The average molecular weight is 362 g/mol. The normalized spacial score (nSPS) is 13.0. The fourth-order valence-corrected chi connectivity index (χ4v) is 3.96. The van der Waals surface area contributed by atoms with Crippen LogP contribution in [0, 0.1) is 6.92 Å². The molecule has 0 aromatic heterocycles. The highest BCUT2D eigenvalue weighted by atomic mass is 32.2. The summed E-state index contributed by atoms with van der Waals surface area (Å²) < 4.78 is 33.4. The van der Waals surface area contributed by atoms with Gasteiger partial charge in [0.2, 0.25) is 10.0 Å². The van der Waals surface area contributed by atoms with Gasteiger partial charge in [0, 0.05) is 12.6 Å². The third kappa shape index (κ3) is 5.04. The Balaban J connectivity index is 2.15. The van der Waals surface area contributed by atoms with Gasteiger partial charge in [0.25, 0.3) is 0 Å². The van der Waals surface area contributed by atoms with E-state index in [1.807, 2.05) is 56.3 Å². The molecular formula is C19H26N2O3S. The van der Waals surface area contributed by atoms with E-state index in [0.717, 1.165) is 16.9 Å². The molecule has 25 heavy (non-hydrogen) atoms. The molecule has 1 N–H and O–H groups in total. The second kappa shape index (κ2) is 8.47. The van der Waals surface area contributed by atoms with Crippen molar-refractivity contribution in [1.29, 1.82) is 0 Å². The summed E-state index contributed by atoms with van der Waals surface area (Å²) in [5.74, 6) is 0.809. The van der Waals surface area contributed by atoms with Crippen LogP contribution in [0.15, 0.2) is 53.4 Å². The van der Waals surface area contributed by atoms with E-state index in [1.165, 1.54) is 0 Å². The van der Waals surface area contributed by atoms with Crippen molar-refractivity contribution < 1.29 is 13.2 Å². The Labute approximate surface area is 150 Å². The van der Waals surface area contributed by atoms with E-state index in [4.69, 9.17) is 4.74 Å². The molecule has 0 heterocycles. The van der Waals surface area contributed by atoms with E-state index in [2.05, 4.69) is 4.72 Å². The van der Waals surface area contributed by atoms with Gasteiger partial charge in [-0.25, -0.2) is 13.1 Å². The van der Waals surface area contributed by atoms with Gasteiger partial charge in [-0.15, -0.1) is 0 Å². The highest BCUT2D eigenvalue weighted by molar-refractivity contribution is 7.89. The van der Waals surface area contributed by atoms with Crippen molar-refractivity contribution in [3.05, 3.63) is 59.7 Å². The number of sulfonamides is 1. The van der Waals surface area contributed by atoms with Crippen molar-refractivity contribution >= 4 is 10.0 Å². The zero-order valence-electron chi connectivity index (χ0n) is 15.2. The second-order valence-electron chi connectivity index (χ2n) is 6.10. The minimum absolute atomic E-state index is 0.0746. The second-order valence-corrected chi connectivity index (χ2v) is 7.83. The molecule has 1 atom stereocenters. The summed E-state index contributed by atoms with van der Waals surface area (Å²) in [7, 11) is 0.322. The molecule has 0 saturated heterocycles. The summed E-state index contributed by atoms with van der Waals surface area (Å²) in [6.45, 7) is 4.64. The molecule has 0 aliphatic rings. The van der Waals surface area contributed by atoms with Crippen LogP contribution in [0.2, 0.25) is 0 Å². The lowest BCUT2D eigenvalue weighted by Crippen LogP contribution is -2.34. The summed E-state index contributed by atoms with van der Waals surface area (Å²) in [4.78, 5) is 2.31. The molecule has 6 heteroatoms. The van der Waals surface area contributed by atoms with Crippen molar-refractivity contribution in [3.63, 3.8) is 0 Å². The first-order valence-electron chi connectivity index (χ1n) is 8.29. The van der Waals surface area contributed by atoms with Gasteiger partial charge in [0.1, 0.15) is 5.75 Å². The fourth-order valence-electron chi connectivity index (χ4n) is 2.68. The van der Waals surface area contributed by atoms with Crippen LogP contribution in [0.3, 0.4) is 0 Å². The fraction of sp³-hybridized carbons (Fsp3) is 0.368.